The van der Waals surface area contributed by atoms with Crippen LogP contribution in [0.25, 0.3) is 5.65 Å². The number of H-pyrrole nitrogens is 1. The molecule has 1 saturated heterocycles. The Morgan fingerprint density at radius 1 is 1.33 bits per heavy atom. The number of hydrogen-bond acceptors (Lipinski definition) is 4. The van der Waals surface area contributed by atoms with Crippen LogP contribution in [0, 0.1) is 6.92 Å². The van der Waals surface area contributed by atoms with Crippen LogP contribution in [-0.4, -0.2) is 38.5 Å². The number of amides is 1. The maximum atomic E-state index is 12.3. The average molecular weight is 326 g/mol. The third-order valence-corrected chi connectivity index (χ3v) is 4.55. The van der Waals surface area contributed by atoms with Gasteiger partial charge in [0.25, 0.3) is 11.5 Å². The summed E-state index contributed by atoms with van der Waals surface area (Å²) in [5.74, 6) is 0.598. The van der Waals surface area contributed by atoms with Gasteiger partial charge in [0.05, 0.1) is 6.26 Å². The van der Waals surface area contributed by atoms with Gasteiger partial charge in [0, 0.05) is 42.5 Å². The summed E-state index contributed by atoms with van der Waals surface area (Å²) in [7, 11) is 0. The van der Waals surface area contributed by atoms with Gasteiger partial charge in [-0.3, -0.25) is 14.7 Å². The summed E-state index contributed by atoms with van der Waals surface area (Å²) >= 11 is 0. The highest BCUT2D eigenvalue weighted by Gasteiger charge is 2.27. The molecule has 4 heterocycles. The number of aryl methyl sites for hydroxylation is 1. The van der Waals surface area contributed by atoms with Gasteiger partial charge in [-0.15, -0.1) is 0 Å². The van der Waals surface area contributed by atoms with E-state index in [0.29, 0.717) is 30.2 Å². The Morgan fingerprint density at radius 2 is 2.12 bits per heavy atom. The molecule has 0 aliphatic carbocycles. The normalized spacial score (nSPS) is 16.0. The predicted molar refractivity (Wildman–Crippen MR) is 87.1 cm³/mol. The molecule has 0 atom stereocenters. The van der Waals surface area contributed by atoms with Crippen LogP contribution in [0.15, 0.2) is 39.7 Å². The lowest BCUT2D eigenvalue weighted by atomic mass is 9.93. The first-order valence-corrected chi connectivity index (χ1v) is 8.04. The lowest BCUT2D eigenvalue weighted by Gasteiger charge is -2.30. The molecule has 124 valence electrons. The van der Waals surface area contributed by atoms with Crippen LogP contribution < -0.4 is 5.56 Å². The van der Waals surface area contributed by atoms with E-state index in [1.165, 1.54) is 16.8 Å². The number of furan rings is 1. The lowest BCUT2D eigenvalue weighted by molar-refractivity contribution is 0.0680. The highest BCUT2D eigenvalue weighted by atomic mass is 16.3. The SMILES string of the molecule is Cc1cc(=O)n2[nH]c(C3CCN(C(=O)c4ccco4)CC3)cc2n1. The fourth-order valence-corrected chi connectivity index (χ4v) is 3.29. The van der Waals surface area contributed by atoms with Crippen molar-refractivity contribution in [3.05, 3.63) is 58.0 Å². The number of carbonyl (C=O) groups excluding carboxylic acids is 1. The largest absolute Gasteiger partial charge is 0.459 e. The Hall–Kier alpha value is -2.83. The molecule has 1 amide bonds. The molecule has 0 spiro atoms. The van der Waals surface area contributed by atoms with Crippen LogP contribution in [0.1, 0.15) is 40.7 Å². The molecule has 1 N–H and O–H groups in total. The first kappa shape index (κ1) is 14.7. The Morgan fingerprint density at radius 3 is 2.83 bits per heavy atom. The number of nitrogens with one attached hydrogen (secondary N) is 1. The summed E-state index contributed by atoms with van der Waals surface area (Å²) in [6, 6.07) is 6.85. The van der Waals surface area contributed by atoms with Crippen LogP contribution in [0.3, 0.4) is 0 Å². The van der Waals surface area contributed by atoms with Crippen molar-refractivity contribution >= 4 is 11.6 Å². The first-order valence-electron chi connectivity index (χ1n) is 8.04. The smallest absolute Gasteiger partial charge is 0.289 e. The molecule has 0 bridgehead atoms. The van der Waals surface area contributed by atoms with Crippen LogP contribution in [0.5, 0.6) is 0 Å². The standard InChI is InChI=1S/C17H18N4O3/c1-11-9-16(22)21-15(18-11)10-13(19-21)12-4-6-20(7-5-12)17(23)14-3-2-8-24-14/h2-3,8-10,12,19H,4-7H2,1H3. The monoisotopic (exact) mass is 326 g/mol. The molecule has 7 nitrogen and oxygen atoms in total. The molecule has 1 aliphatic rings. The molecular formula is C17H18N4O3. The van der Waals surface area contributed by atoms with E-state index in [0.717, 1.165) is 18.5 Å². The molecule has 3 aromatic heterocycles. The topological polar surface area (TPSA) is 83.6 Å². The summed E-state index contributed by atoms with van der Waals surface area (Å²) in [5.41, 5.74) is 2.25. The predicted octanol–water partition coefficient (Wildman–Crippen LogP) is 1.94. The van der Waals surface area contributed by atoms with E-state index < -0.39 is 0 Å². The Bertz CT molecular complexity index is 931. The summed E-state index contributed by atoms with van der Waals surface area (Å²) in [6.07, 6.45) is 3.19. The average Bonchev–Trinajstić information content (AvgIpc) is 3.24. The van der Waals surface area contributed by atoms with E-state index in [1.54, 1.807) is 12.1 Å². The molecule has 0 aromatic carbocycles. The fraction of sp³-hybridized carbons (Fsp3) is 0.353. The molecule has 0 saturated carbocycles. The minimum Gasteiger partial charge on any atom is -0.459 e. The van der Waals surface area contributed by atoms with Gasteiger partial charge in [-0.25, -0.2) is 9.50 Å². The van der Waals surface area contributed by atoms with E-state index in [2.05, 4.69) is 10.1 Å². The number of nitrogens with zero attached hydrogens (tertiary/aromatic N) is 3. The summed E-state index contributed by atoms with van der Waals surface area (Å²) in [5, 5.41) is 3.15. The summed E-state index contributed by atoms with van der Waals surface area (Å²) in [4.78, 5) is 30.5. The van der Waals surface area contributed by atoms with E-state index in [4.69, 9.17) is 4.42 Å². The van der Waals surface area contributed by atoms with Gasteiger partial charge >= 0.3 is 0 Å². The van der Waals surface area contributed by atoms with Gasteiger partial charge in [-0.05, 0) is 31.9 Å². The Kier molecular flexibility index (Phi) is 3.48. The maximum Gasteiger partial charge on any atom is 0.289 e. The van der Waals surface area contributed by atoms with E-state index in [9.17, 15) is 9.59 Å². The molecule has 1 fully saturated rings. The van der Waals surface area contributed by atoms with Gasteiger partial charge in [-0.1, -0.05) is 0 Å². The van der Waals surface area contributed by atoms with E-state index in [1.807, 2.05) is 17.9 Å². The molecular weight excluding hydrogens is 308 g/mol. The lowest BCUT2D eigenvalue weighted by Crippen LogP contribution is -2.37. The number of likely N-dealkylation sites (tertiary alicyclic amines) is 1. The first-order chi connectivity index (χ1) is 11.6. The third-order valence-electron chi connectivity index (χ3n) is 4.55. The van der Waals surface area contributed by atoms with Gasteiger partial charge in [-0.2, -0.15) is 0 Å². The van der Waals surface area contributed by atoms with Crippen molar-refractivity contribution in [2.75, 3.05) is 13.1 Å². The zero-order valence-electron chi connectivity index (χ0n) is 13.4. The number of piperidine rings is 1. The molecule has 0 radical (unpaired) electrons. The van der Waals surface area contributed by atoms with Crippen LogP contribution in [-0.2, 0) is 0 Å². The molecule has 1 aliphatic heterocycles. The minimum absolute atomic E-state index is 0.0661. The molecule has 0 unspecified atom stereocenters. The fourth-order valence-electron chi connectivity index (χ4n) is 3.29. The van der Waals surface area contributed by atoms with Crippen LogP contribution in [0.4, 0.5) is 0 Å². The molecule has 7 heteroatoms. The number of aromatic nitrogens is 3. The van der Waals surface area contributed by atoms with Crippen molar-refractivity contribution in [1.29, 1.82) is 0 Å². The number of aromatic amines is 1. The number of carbonyl (C=O) groups is 1. The van der Waals surface area contributed by atoms with Crippen molar-refractivity contribution in [2.24, 2.45) is 0 Å². The second-order valence-corrected chi connectivity index (χ2v) is 6.18. The zero-order chi connectivity index (χ0) is 16.7. The van der Waals surface area contributed by atoms with Crippen molar-refractivity contribution in [2.45, 2.75) is 25.7 Å². The van der Waals surface area contributed by atoms with Crippen molar-refractivity contribution in [1.82, 2.24) is 19.5 Å². The van der Waals surface area contributed by atoms with Gasteiger partial charge < -0.3 is 9.32 Å². The maximum absolute atomic E-state index is 12.3. The van der Waals surface area contributed by atoms with Crippen molar-refractivity contribution in [3.8, 4) is 0 Å². The van der Waals surface area contributed by atoms with Gasteiger partial charge in [0.15, 0.2) is 11.4 Å². The minimum atomic E-state index is -0.103. The molecule has 4 rings (SSSR count). The highest BCUT2D eigenvalue weighted by Crippen LogP contribution is 2.28. The number of fused-ring (bicyclic) bond motifs is 1. The van der Waals surface area contributed by atoms with Crippen molar-refractivity contribution in [3.63, 3.8) is 0 Å². The number of hydrogen-bond donors (Lipinski definition) is 1. The number of rotatable bonds is 2. The van der Waals surface area contributed by atoms with Gasteiger partial charge in [0.1, 0.15) is 0 Å². The third kappa shape index (κ3) is 2.51. The summed E-state index contributed by atoms with van der Waals surface area (Å²) in [6.45, 7) is 3.15. The second-order valence-electron chi connectivity index (χ2n) is 6.18. The van der Waals surface area contributed by atoms with E-state index in [-0.39, 0.29) is 17.4 Å². The Labute approximate surface area is 137 Å². The van der Waals surface area contributed by atoms with Crippen molar-refractivity contribution < 1.29 is 9.21 Å². The van der Waals surface area contributed by atoms with Gasteiger partial charge in [0.2, 0.25) is 0 Å². The van der Waals surface area contributed by atoms with Crippen LogP contribution in [0.2, 0.25) is 0 Å². The quantitative estimate of drug-likeness (QED) is 0.780. The highest BCUT2D eigenvalue weighted by molar-refractivity contribution is 5.91. The Balaban J connectivity index is 1.51. The zero-order valence-corrected chi connectivity index (χ0v) is 13.4. The second kappa shape index (κ2) is 5.67. The summed E-state index contributed by atoms with van der Waals surface area (Å²) < 4.78 is 6.66. The van der Waals surface area contributed by atoms with Crippen LogP contribution >= 0.6 is 0 Å². The molecule has 3 aromatic rings. The molecule has 24 heavy (non-hydrogen) atoms. The van der Waals surface area contributed by atoms with E-state index >= 15 is 0 Å².